The third-order valence-electron chi connectivity index (χ3n) is 11.6. The third kappa shape index (κ3) is 5.82. The first kappa shape index (κ1) is 35.6. The predicted molar refractivity (Wildman–Crippen MR) is 244 cm³/mol. The van der Waals surface area contributed by atoms with Crippen LogP contribution in [0.4, 0.5) is 0 Å². The standard InChI is InChI=1S/C54H46N4/c1-53(2,3)37-32-43-42-26-15-18-31-48(42)58(51(43)44(33-37)54(4,5)6)52-55-45(34-49(56-52)57-46-29-16-13-24-40(46)41-25-14-17-30-47(41)57)50-38(35-20-9-7-10-21-35)27-19-28-39(50)36-22-11-8-12-23-36/h7-34H,1-6H3. The van der Waals surface area contributed by atoms with Crippen LogP contribution in [-0.2, 0) is 10.8 Å². The Bertz CT molecular complexity index is 3060. The van der Waals surface area contributed by atoms with Crippen molar-refractivity contribution in [3.8, 4) is 45.3 Å². The van der Waals surface area contributed by atoms with E-state index in [1.807, 2.05) is 0 Å². The molecule has 4 nitrogen and oxygen atoms in total. The summed E-state index contributed by atoms with van der Waals surface area (Å²) in [6.45, 7) is 13.9. The van der Waals surface area contributed by atoms with Crippen LogP contribution in [0.15, 0.2) is 170 Å². The Labute approximate surface area is 340 Å². The van der Waals surface area contributed by atoms with E-state index in [9.17, 15) is 0 Å². The fraction of sp³-hybridized carbons (Fsp3) is 0.148. The lowest BCUT2D eigenvalue weighted by Crippen LogP contribution is -2.18. The lowest BCUT2D eigenvalue weighted by Gasteiger charge is -2.27. The fourth-order valence-corrected chi connectivity index (χ4v) is 8.79. The molecule has 0 saturated heterocycles. The van der Waals surface area contributed by atoms with Crippen LogP contribution in [0.2, 0.25) is 0 Å². The molecule has 0 amide bonds. The minimum absolute atomic E-state index is 0.0352. The summed E-state index contributed by atoms with van der Waals surface area (Å²) in [4.78, 5) is 11.4. The molecule has 0 fully saturated rings. The summed E-state index contributed by atoms with van der Waals surface area (Å²) < 4.78 is 4.66. The van der Waals surface area contributed by atoms with E-state index in [-0.39, 0.29) is 10.8 Å². The Balaban J connectivity index is 1.39. The normalized spacial score (nSPS) is 12.3. The summed E-state index contributed by atoms with van der Waals surface area (Å²) in [7, 11) is 0. The quantitative estimate of drug-likeness (QED) is 0.176. The second-order valence-electron chi connectivity index (χ2n) is 17.5. The molecule has 4 heteroatoms. The average molecular weight is 751 g/mol. The molecule has 3 heterocycles. The molecule has 7 aromatic carbocycles. The molecule has 0 aliphatic carbocycles. The molecule has 0 aliphatic heterocycles. The maximum absolute atomic E-state index is 5.72. The van der Waals surface area contributed by atoms with Crippen molar-refractivity contribution in [1.82, 2.24) is 19.1 Å². The number of para-hydroxylation sites is 3. The van der Waals surface area contributed by atoms with Crippen molar-refractivity contribution in [3.05, 3.63) is 181 Å². The minimum Gasteiger partial charge on any atom is -0.294 e. The highest BCUT2D eigenvalue weighted by Crippen LogP contribution is 2.44. The zero-order chi connectivity index (χ0) is 39.8. The van der Waals surface area contributed by atoms with Gasteiger partial charge in [0.15, 0.2) is 0 Å². The maximum atomic E-state index is 5.72. The van der Waals surface area contributed by atoms with E-state index < -0.39 is 0 Å². The van der Waals surface area contributed by atoms with Gasteiger partial charge in [0.2, 0.25) is 5.95 Å². The first-order chi connectivity index (χ1) is 28.1. The number of hydrogen-bond donors (Lipinski definition) is 0. The molecule has 0 saturated carbocycles. The first-order valence-electron chi connectivity index (χ1n) is 20.3. The van der Waals surface area contributed by atoms with Gasteiger partial charge in [0.05, 0.1) is 27.8 Å². The molecule has 0 unspecified atom stereocenters. The van der Waals surface area contributed by atoms with E-state index in [0.29, 0.717) is 5.95 Å². The minimum atomic E-state index is -0.167. The first-order valence-corrected chi connectivity index (χ1v) is 20.3. The summed E-state index contributed by atoms with van der Waals surface area (Å²) in [6, 6.07) is 61.1. The number of fused-ring (bicyclic) bond motifs is 6. The summed E-state index contributed by atoms with van der Waals surface area (Å²) in [5.74, 6) is 1.45. The maximum Gasteiger partial charge on any atom is 0.237 e. The zero-order valence-electron chi connectivity index (χ0n) is 34.0. The molecule has 282 valence electrons. The molecule has 0 aliphatic rings. The second kappa shape index (κ2) is 13.4. The number of nitrogens with zero attached hydrogens (tertiary/aromatic N) is 4. The third-order valence-corrected chi connectivity index (χ3v) is 11.6. The average Bonchev–Trinajstić information content (AvgIpc) is 3.76. The van der Waals surface area contributed by atoms with Gasteiger partial charge in [-0.1, -0.05) is 181 Å². The van der Waals surface area contributed by atoms with Gasteiger partial charge in [0.1, 0.15) is 5.82 Å². The number of aromatic nitrogens is 4. The molecule has 0 N–H and O–H groups in total. The van der Waals surface area contributed by atoms with Crippen molar-refractivity contribution in [1.29, 1.82) is 0 Å². The van der Waals surface area contributed by atoms with Crippen LogP contribution >= 0.6 is 0 Å². The molecule has 0 bridgehead atoms. The molecule has 3 aromatic heterocycles. The van der Waals surface area contributed by atoms with Crippen molar-refractivity contribution in [3.63, 3.8) is 0 Å². The lowest BCUT2D eigenvalue weighted by molar-refractivity contribution is 0.572. The van der Waals surface area contributed by atoms with Crippen LogP contribution in [0, 0.1) is 0 Å². The van der Waals surface area contributed by atoms with Crippen molar-refractivity contribution in [2.45, 2.75) is 52.4 Å². The Kier molecular flexibility index (Phi) is 8.24. The van der Waals surface area contributed by atoms with E-state index in [0.717, 1.165) is 61.4 Å². The van der Waals surface area contributed by atoms with Crippen LogP contribution in [0.1, 0.15) is 52.7 Å². The second-order valence-corrected chi connectivity index (χ2v) is 17.5. The van der Waals surface area contributed by atoms with Gasteiger partial charge in [0, 0.05) is 33.2 Å². The summed E-state index contributed by atoms with van der Waals surface area (Å²) >= 11 is 0. The van der Waals surface area contributed by atoms with Gasteiger partial charge in [-0.15, -0.1) is 0 Å². The van der Waals surface area contributed by atoms with Gasteiger partial charge in [0.25, 0.3) is 0 Å². The summed E-state index contributed by atoms with van der Waals surface area (Å²) in [6.07, 6.45) is 0. The monoisotopic (exact) mass is 750 g/mol. The van der Waals surface area contributed by atoms with Crippen molar-refractivity contribution in [2.75, 3.05) is 0 Å². The molecule has 0 atom stereocenters. The van der Waals surface area contributed by atoms with Gasteiger partial charge >= 0.3 is 0 Å². The molecule has 0 radical (unpaired) electrons. The highest BCUT2D eigenvalue weighted by Gasteiger charge is 2.28. The lowest BCUT2D eigenvalue weighted by atomic mass is 9.79. The topological polar surface area (TPSA) is 35.6 Å². The zero-order valence-corrected chi connectivity index (χ0v) is 34.0. The van der Waals surface area contributed by atoms with E-state index in [1.54, 1.807) is 0 Å². The van der Waals surface area contributed by atoms with Gasteiger partial charge in [-0.2, -0.15) is 4.98 Å². The number of rotatable bonds is 5. The Morgan fingerprint density at radius 1 is 0.414 bits per heavy atom. The van der Waals surface area contributed by atoms with Crippen LogP contribution in [0.3, 0.4) is 0 Å². The van der Waals surface area contributed by atoms with Gasteiger partial charge in [-0.3, -0.25) is 9.13 Å². The molecule has 10 aromatic rings. The van der Waals surface area contributed by atoms with Gasteiger partial charge in [-0.05, 0) is 68.5 Å². The summed E-state index contributed by atoms with van der Waals surface area (Å²) in [5.41, 5.74) is 13.2. The molecular weight excluding hydrogens is 705 g/mol. The van der Waals surface area contributed by atoms with Crippen molar-refractivity contribution < 1.29 is 0 Å². The van der Waals surface area contributed by atoms with Crippen LogP contribution in [0.5, 0.6) is 0 Å². The van der Waals surface area contributed by atoms with Gasteiger partial charge in [-0.25, -0.2) is 4.98 Å². The Morgan fingerprint density at radius 3 is 1.41 bits per heavy atom. The Hall–Kier alpha value is -6.78. The fourth-order valence-electron chi connectivity index (χ4n) is 8.79. The van der Waals surface area contributed by atoms with Crippen LogP contribution < -0.4 is 0 Å². The number of benzene rings is 7. The highest BCUT2D eigenvalue weighted by molar-refractivity contribution is 6.11. The van der Waals surface area contributed by atoms with E-state index in [4.69, 9.17) is 9.97 Å². The van der Waals surface area contributed by atoms with Crippen molar-refractivity contribution >= 4 is 43.6 Å². The van der Waals surface area contributed by atoms with E-state index >= 15 is 0 Å². The Morgan fingerprint density at radius 2 is 0.897 bits per heavy atom. The van der Waals surface area contributed by atoms with Gasteiger partial charge < -0.3 is 0 Å². The van der Waals surface area contributed by atoms with Crippen LogP contribution in [-0.4, -0.2) is 19.1 Å². The molecule has 58 heavy (non-hydrogen) atoms. The van der Waals surface area contributed by atoms with Crippen LogP contribution in [0.25, 0.3) is 88.9 Å². The predicted octanol–water partition coefficient (Wildman–Crippen LogP) is 14.3. The van der Waals surface area contributed by atoms with Crippen molar-refractivity contribution in [2.24, 2.45) is 0 Å². The highest BCUT2D eigenvalue weighted by atomic mass is 15.2. The molecular formula is C54H46N4. The van der Waals surface area contributed by atoms with E-state index in [1.165, 1.54) is 32.7 Å². The largest absolute Gasteiger partial charge is 0.294 e. The summed E-state index contributed by atoms with van der Waals surface area (Å²) in [5, 5.41) is 4.79. The number of hydrogen-bond acceptors (Lipinski definition) is 2. The molecule has 10 rings (SSSR count). The van der Waals surface area contributed by atoms with E-state index in [2.05, 4.69) is 221 Å². The SMILES string of the molecule is CC(C)(C)c1cc(C(C)(C)C)c2c(c1)c1ccccc1n2-c1nc(-c2c(-c3ccccc3)cccc2-c2ccccc2)cc(-n2c3ccccc3c3ccccc32)n1. The molecule has 0 spiro atoms. The smallest absolute Gasteiger partial charge is 0.237 e.